The second-order valence-corrected chi connectivity index (χ2v) is 6.37. The number of anilines is 1. The maximum atomic E-state index is 12.7. The summed E-state index contributed by atoms with van der Waals surface area (Å²) in [4.78, 5) is 30.3. The van der Waals surface area contributed by atoms with Crippen LogP contribution in [0.15, 0.2) is 49.3 Å². The van der Waals surface area contributed by atoms with Crippen LogP contribution in [0.3, 0.4) is 0 Å². The number of carbonyl (C=O) groups is 2. The molecule has 0 radical (unpaired) electrons. The Bertz CT molecular complexity index is 757. The highest BCUT2D eigenvalue weighted by molar-refractivity contribution is 7.99. The molecule has 2 amide bonds. The molecule has 1 atom stereocenters. The maximum Gasteiger partial charge on any atom is 0.248 e. The molecule has 23 heavy (non-hydrogen) atoms. The summed E-state index contributed by atoms with van der Waals surface area (Å²) < 4.78 is 0. The SMILES string of the molecule is C=CC(=O)N1CCSCC1C(=O)Nc1cccc2ccncc12. The third kappa shape index (κ3) is 3.22. The van der Waals surface area contributed by atoms with E-state index in [2.05, 4.69) is 16.9 Å². The van der Waals surface area contributed by atoms with E-state index in [-0.39, 0.29) is 11.8 Å². The Morgan fingerprint density at radius 1 is 1.39 bits per heavy atom. The van der Waals surface area contributed by atoms with Crippen molar-refractivity contribution in [2.75, 3.05) is 23.4 Å². The molecule has 3 rings (SSSR count). The Hall–Kier alpha value is -2.34. The van der Waals surface area contributed by atoms with Crippen LogP contribution in [-0.2, 0) is 9.59 Å². The number of benzene rings is 1. The van der Waals surface area contributed by atoms with E-state index in [0.717, 1.165) is 16.5 Å². The van der Waals surface area contributed by atoms with Crippen LogP contribution in [0.5, 0.6) is 0 Å². The van der Waals surface area contributed by atoms with Crippen molar-refractivity contribution in [3.8, 4) is 0 Å². The second kappa shape index (κ2) is 6.83. The molecular formula is C17H17N3O2S. The number of fused-ring (bicyclic) bond motifs is 1. The van der Waals surface area contributed by atoms with Crippen LogP contribution in [0.1, 0.15) is 0 Å². The highest BCUT2D eigenvalue weighted by Crippen LogP contribution is 2.24. The molecule has 1 saturated heterocycles. The van der Waals surface area contributed by atoms with E-state index in [9.17, 15) is 9.59 Å². The third-order valence-corrected chi connectivity index (χ3v) is 4.85. The minimum atomic E-state index is -0.480. The van der Waals surface area contributed by atoms with Crippen LogP contribution in [-0.4, -0.2) is 45.8 Å². The molecule has 5 nitrogen and oxygen atoms in total. The van der Waals surface area contributed by atoms with Crippen LogP contribution < -0.4 is 5.32 Å². The van der Waals surface area contributed by atoms with E-state index in [1.165, 1.54) is 6.08 Å². The molecule has 1 N–H and O–H groups in total. The van der Waals surface area contributed by atoms with Crippen molar-refractivity contribution < 1.29 is 9.59 Å². The molecule has 0 bridgehead atoms. The summed E-state index contributed by atoms with van der Waals surface area (Å²) in [5.41, 5.74) is 0.710. The topological polar surface area (TPSA) is 62.3 Å². The quantitative estimate of drug-likeness (QED) is 0.879. The number of nitrogens with zero attached hydrogens (tertiary/aromatic N) is 2. The first-order chi connectivity index (χ1) is 11.2. The number of pyridine rings is 1. The lowest BCUT2D eigenvalue weighted by Gasteiger charge is -2.33. The van der Waals surface area contributed by atoms with Crippen LogP contribution in [0.2, 0.25) is 0 Å². The number of thioether (sulfide) groups is 1. The van der Waals surface area contributed by atoms with Gasteiger partial charge < -0.3 is 10.2 Å². The predicted octanol–water partition coefficient (Wildman–Crippen LogP) is 2.30. The number of rotatable bonds is 3. The predicted molar refractivity (Wildman–Crippen MR) is 93.4 cm³/mol. The molecule has 0 saturated carbocycles. The van der Waals surface area contributed by atoms with Gasteiger partial charge in [-0.25, -0.2) is 0 Å². The lowest BCUT2D eigenvalue weighted by molar-refractivity contribution is -0.133. The van der Waals surface area contributed by atoms with Gasteiger partial charge in [-0.1, -0.05) is 18.7 Å². The zero-order chi connectivity index (χ0) is 16.2. The van der Waals surface area contributed by atoms with Gasteiger partial charge in [0.1, 0.15) is 6.04 Å². The molecule has 0 aliphatic carbocycles. The molecule has 1 unspecified atom stereocenters. The molecule has 1 fully saturated rings. The van der Waals surface area contributed by atoms with Gasteiger partial charge >= 0.3 is 0 Å². The van der Waals surface area contributed by atoms with Crippen molar-refractivity contribution in [2.24, 2.45) is 0 Å². The first-order valence-corrected chi connectivity index (χ1v) is 8.50. The summed E-state index contributed by atoms with van der Waals surface area (Å²) in [5, 5.41) is 4.84. The van der Waals surface area contributed by atoms with Crippen molar-refractivity contribution in [2.45, 2.75) is 6.04 Å². The van der Waals surface area contributed by atoms with Gasteiger partial charge in [0.05, 0.1) is 5.69 Å². The number of hydrogen-bond acceptors (Lipinski definition) is 4. The first kappa shape index (κ1) is 15.6. The van der Waals surface area contributed by atoms with Gasteiger partial charge in [0.2, 0.25) is 11.8 Å². The summed E-state index contributed by atoms with van der Waals surface area (Å²) in [5.74, 6) is 1.05. The maximum absolute atomic E-state index is 12.7. The van der Waals surface area contributed by atoms with E-state index < -0.39 is 6.04 Å². The average molecular weight is 327 g/mol. The molecule has 118 valence electrons. The minimum absolute atomic E-state index is 0.177. The van der Waals surface area contributed by atoms with E-state index in [1.54, 1.807) is 29.1 Å². The minimum Gasteiger partial charge on any atom is -0.325 e. The monoisotopic (exact) mass is 327 g/mol. The van der Waals surface area contributed by atoms with Crippen molar-refractivity contribution in [1.82, 2.24) is 9.88 Å². The van der Waals surface area contributed by atoms with E-state index in [0.29, 0.717) is 18.0 Å². The Labute approximate surface area is 138 Å². The highest BCUT2D eigenvalue weighted by atomic mass is 32.2. The summed E-state index contributed by atoms with van der Waals surface area (Å²) in [6.07, 6.45) is 4.71. The Kier molecular flexibility index (Phi) is 4.62. The second-order valence-electron chi connectivity index (χ2n) is 5.22. The Morgan fingerprint density at radius 2 is 2.26 bits per heavy atom. The fourth-order valence-corrected chi connectivity index (χ4v) is 3.69. The van der Waals surface area contributed by atoms with Gasteiger partial charge in [-0.15, -0.1) is 0 Å². The standard InChI is InChI=1S/C17H17N3O2S/c1-2-16(21)20-8-9-23-11-15(20)17(22)19-14-5-3-4-12-6-7-18-10-13(12)14/h2-7,10,15H,1,8-9,11H2,(H,19,22). The van der Waals surface area contributed by atoms with E-state index in [1.807, 2.05) is 24.3 Å². The summed E-state index contributed by atoms with van der Waals surface area (Å²) >= 11 is 1.68. The Morgan fingerprint density at radius 3 is 3.09 bits per heavy atom. The summed E-state index contributed by atoms with van der Waals surface area (Å²) in [6.45, 7) is 4.08. The van der Waals surface area contributed by atoms with Gasteiger partial charge in [0.25, 0.3) is 0 Å². The molecule has 1 aliphatic heterocycles. The lowest BCUT2D eigenvalue weighted by atomic mass is 10.1. The molecule has 2 heterocycles. The molecule has 6 heteroatoms. The fourth-order valence-electron chi connectivity index (χ4n) is 2.64. The van der Waals surface area contributed by atoms with Crippen molar-refractivity contribution in [3.63, 3.8) is 0 Å². The van der Waals surface area contributed by atoms with Gasteiger partial charge in [-0.2, -0.15) is 11.8 Å². The van der Waals surface area contributed by atoms with Crippen LogP contribution in [0, 0.1) is 0 Å². The Balaban J connectivity index is 1.84. The smallest absolute Gasteiger partial charge is 0.248 e. The zero-order valence-electron chi connectivity index (χ0n) is 12.6. The number of hydrogen-bond donors (Lipinski definition) is 1. The molecule has 1 aromatic carbocycles. The number of amides is 2. The third-order valence-electron chi connectivity index (χ3n) is 3.83. The van der Waals surface area contributed by atoms with Crippen LogP contribution >= 0.6 is 11.8 Å². The molecule has 1 aromatic heterocycles. The number of nitrogens with one attached hydrogen (secondary N) is 1. The summed E-state index contributed by atoms with van der Waals surface area (Å²) in [6, 6.07) is 7.12. The largest absolute Gasteiger partial charge is 0.325 e. The summed E-state index contributed by atoms with van der Waals surface area (Å²) in [7, 11) is 0. The first-order valence-electron chi connectivity index (χ1n) is 7.35. The molecule has 2 aromatic rings. The lowest BCUT2D eigenvalue weighted by Crippen LogP contribution is -2.51. The van der Waals surface area contributed by atoms with Crippen molar-refractivity contribution in [1.29, 1.82) is 0 Å². The van der Waals surface area contributed by atoms with Crippen molar-refractivity contribution >= 4 is 40.0 Å². The van der Waals surface area contributed by atoms with Crippen LogP contribution in [0.4, 0.5) is 5.69 Å². The zero-order valence-corrected chi connectivity index (χ0v) is 13.4. The average Bonchev–Trinajstić information content (AvgIpc) is 2.61. The van der Waals surface area contributed by atoms with Gasteiger partial charge in [0.15, 0.2) is 0 Å². The van der Waals surface area contributed by atoms with Gasteiger partial charge in [0, 0.05) is 35.8 Å². The van der Waals surface area contributed by atoms with Gasteiger partial charge in [-0.05, 0) is 23.6 Å². The fraction of sp³-hybridized carbons (Fsp3) is 0.235. The number of carbonyl (C=O) groups excluding carboxylic acids is 2. The highest BCUT2D eigenvalue weighted by Gasteiger charge is 2.31. The molecule has 0 spiro atoms. The van der Waals surface area contributed by atoms with E-state index in [4.69, 9.17) is 0 Å². The number of aromatic nitrogens is 1. The molecule has 1 aliphatic rings. The van der Waals surface area contributed by atoms with Crippen LogP contribution in [0.25, 0.3) is 10.8 Å². The molecular weight excluding hydrogens is 310 g/mol. The van der Waals surface area contributed by atoms with E-state index >= 15 is 0 Å². The van der Waals surface area contributed by atoms with Crippen molar-refractivity contribution in [3.05, 3.63) is 49.3 Å². The normalized spacial score (nSPS) is 17.7. The van der Waals surface area contributed by atoms with Gasteiger partial charge in [-0.3, -0.25) is 14.6 Å².